The fourth-order valence-corrected chi connectivity index (χ4v) is 4.86. The molecule has 0 saturated heterocycles. The number of pyridine rings is 1. The third kappa shape index (κ3) is 2.92. The van der Waals surface area contributed by atoms with Crippen LogP contribution in [0, 0.1) is 18.3 Å². The van der Waals surface area contributed by atoms with Crippen molar-refractivity contribution >= 4 is 32.7 Å². The minimum atomic E-state index is 0.627. The van der Waals surface area contributed by atoms with Gasteiger partial charge in [0.2, 0.25) is 5.69 Å². The Hall–Kier alpha value is -4.42. The van der Waals surface area contributed by atoms with E-state index >= 15 is 0 Å². The number of hydrogen-bond acceptors (Lipinski definition) is 2. The molecule has 0 amide bonds. The lowest BCUT2D eigenvalue weighted by atomic mass is 9.96. The second-order valence-corrected chi connectivity index (χ2v) is 8.48. The number of nitriles is 1. The van der Waals surface area contributed by atoms with Gasteiger partial charge in [-0.1, -0.05) is 60.7 Å². The first-order chi connectivity index (χ1) is 16.2. The van der Waals surface area contributed by atoms with E-state index < -0.39 is 0 Å². The fourth-order valence-electron chi connectivity index (χ4n) is 4.86. The van der Waals surface area contributed by atoms with E-state index in [1.165, 1.54) is 10.8 Å². The van der Waals surface area contributed by atoms with Crippen LogP contribution in [0.15, 0.2) is 95.5 Å². The minimum Gasteiger partial charge on any atom is -0.454 e. The summed E-state index contributed by atoms with van der Waals surface area (Å²) in [5.41, 5.74) is 7.61. The highest BCUT2D eigenvalue weighted by atomic mass is 16.3. The van der Waals surface area contributed by atoms with Crippen LogP contribution in [0.25, 0.3) is 55.1 Å². The maximum atomic E-state index is 9.73. The lowest BCUT2D eigenvalue weighted by Crippen LogP contribution is -2.30. The van der Waals surface area contributed by atoms with Crippen molar-refractivity contribution in [1.29, 1.82) is 5.26 Å². The molecule has 0 aliphatic rings. The van der Waals surface area contributed by atoms with Crippen LogP contribution in [0.5, 0.6) is 0 Å². The zero-order chi connectivity index (χ0) is 22.5. The topological polar surface area (TPSA) is 40.8 Å². The molecule has 0 saturated carbocycles. The van der Waals surface area contributed by atoms with E-state index in [4.69, 9.17) is 4.42 Å². The molecule has 6 aromatic rings. The van der Waals surface area contributed by atoms with E-state index in [0.717, 1.165) is 49.9 Å². The van der Waals surface area contributed by atoms with Gasteiger partial charge in [-0.25, -0.2) is 4.57 Å². The average Bonchev–Trinajstić information content (AvgIpc) is 3.23. The molecule has 0 atom stereocenters. The SMILES string of the molecule is Cc1ccc2c(oc3c(-c4ccccc4)cc(C#N)cc32)c1-c1c2ccccc2cc[n+]1C. The zero-order valence-corrected chi connectivity index (χ0v) is 18.5. The lowest BCUT2D eigenvalue weighted by molar-refractivity contribution is -0.659. The summed E-state index contributed by atoms with van der Waals surface area (Å²) in [5.74, 6) is 0. The Bertz CT molecular complexity index is 1740. The number of aromatic nitrogens is 1. The molecule has 0 spiro atoms. The summed E-state index contributed by atoms with van der Waals surface area (Å²) in [6, 6.07) is 31.2. The molecular weight excluding hydrogens is 404 g/mol. The molecule has 2 aromatic heterocycles. The average molecular weight is 426 g/mol. The van der Waals surface area contributed by atoms with Crippen LogP contribution in [0.1, 0.15) is 11.1 Å². The van der Waals surface area contributed by atoms with Gasteiger partial charge in [0.25, 0.3) is 0 Å². The van der Waals surface area contributed by atoms with Crippen molar-refractivity contribution < 1.29 is 8.98 Å². The predicted molar refractivity (Wildman–Crippen MR) is 133 cm³/mol. The van der Waals surface area contributed by atoms with Crippen molar-refractivity contribution in [3.05, 3.63) is 102 Å². The normalized spacial score (nSPS) is 11.3. The van der Waals surface area contributed by atoms with E-state index in [1.54, 1.807) is 0 Å². The molecule has 0 N–H and O–H groups in total. The van der Waals surface area contributed by atoms with Crippen LogP contribution in [0.3, 0.4) is 0 Å². The molecule has 33 heavy (non-hydrogen) atoms. The molecule has 0 aliphatic heterocycles. The van der Waals surface area contributed by atoms with E-state index in [0.29, 0.717) is 5.56 Å². The van der Waals surface area contributed by atoms with Gasteiger partial charge in [0.1, 0.15) is 18.2 Å². The van der Waals surface area contributed by atoms with E-state index in [2.05, 4.69) is 85.4 Å². The van der Waals surface area contributed by atoms with Crippen molar-refractivity contribution in [2.24, 2.45) is 7.05 Å². The quantitative estimate of drug-likeness (QED) is 0.278. The predicted octanol–water partition coefficient (Wildman–Crippen LogP) is 7.08. The molecule has 3 heteroatoms. The summed E-state index contributed by atoms with van der Waals surface area (Å²) in [7, 11) is 2.08. The van der Waals surface area contributed by atoms with E-state index in [1.807, 2.05) is 30.3 Å². The maximum absolute atomic E-state index is 9.73. The van der Waals surface area contributed by atoms with Crippen molar-refractivity contribution in [2.45, 2.75) is 6.92 Å². The van der Waals surface area contributed by atoms with Gasteiger partial charge >= 0.3 is 0 Å². The Morgan fingerprint density at radius 2 is 1.58 bits per heavy atom. The molecule has 4 aromatic carbocycles. The van der Waals surface area contributed by atoms with Gasteiger partial charge in [0, 0.05) is 22.4 Å². The number of nitrogens with zero attached hydrogens (tertiary/aromatic N) is 2. The fraction of sp³-hybridized carbons (Fsp3) is 0.0667. The van der Waals surface area contributed by atoms with Crippen molar-refractivity contribution in [3.8, 4) is 28.5 Å². The Kier molecular flexibility index (Phi) is 4.28. The first-order valence-electron chi connectivity index (χ1n) is 11.0. The monoisotopic (exact) mass is 425 g/mol. The Morgan fingerprint density at radius 3 is 2.39 bits per heavy atom. The maximum Gasteiger partial charge on any atom is 0.224 e. The van der Waals surface area contributed by atoms with Gasteiger partial charge in [0.05, 0.1) is 22.6 Å². The summed E-state index contributed by atoms with van der Waals surface area (Å²) in [4.78, 5) is 0. The minimum absolute atomic E-state index is 0.627. The molecule has 3 nitrogen and oxygen atoms in total. The lowest BCUT2D eigenvalue weighted by Gasteiger charge is -2.08. The Labute approximate surface area is 191 Å². The van der Waals surface area contributed by atoms with Gasteiger partial charge in [-0.3, -0.25) is 0 Å². The largest absolute Gasteiger partial charge is 0.454 e. The molecule has 6 rings (SSSR count). The molecule has 2 heterocycles. The number of rotatable bonds is 2. The number of furan rings is 1. The smallest absolute Gasteiger partial charge is 0.224 e. The van der Waals surface area contributed by atoms with Gasteiger partial charge in [-0.2, -0.15) is 5.26 Å². The third-order valence-electron chi connectivity index (χ3n) is 6.45. The number of fused-ring (bicyclic) bond motifs is 4. The summed E-state index contributed by atoms with van der Waals surface area (Å²) < 4.78 is 8.85. The van der Waals surface area contributed by atoms with Crippen LogP contribution >= 0.6 is 0 Å². The van der Waals surface area contributed by atoms with Crippen LogP contribution in [-0.4, -0.2) is 0 Å². The van der Waals surface area contributed by atoms with Crippen LogP contribution in [0.4, 0.5) is 0 Å². The van der Waals surface area contributed by atoms with Crippen molar-refractivity contribution in [2.75, 3.05) is 0 Å². The second-order valence-electron chi connectivity index (χ2n) is 8.48. The molecule has 0 unspecified atom stereocenters. The standard InChI is InChI=1S/C30H21N2O/c1-19-12-13-24-26-17-20(18-31)16-25(21-8-4-3-5-9-21)29(26)33-30(24)27(19)28-23-11-7-6-10-22(23)14-15-32(28)2/h3-17H,1-2H3/q+1. The number of benzene rings is 4. The molecule has 0 bridgehead atoms. The molecular formula is C30H21N2O+. The first kappa shape index (κ1) is 19.3. The molecule has 0 fully saturated rings. The Morgan fingerprint density at radius 1 is 0.788 bits per heavy atom. The highest BCUT2D eigenvalue weighted by Gasteiger charge is 2.24. The summed E-state index contributed by atoms with van der Waals surface area (Å²) in [6.45, 7) is 2.13. The van der Waals surface area contributed by atoms with Gasteiger partial charge < -0.3 is 4.42 Å². The van der Waals surface area contributed by atoms with Crippen molar-refractivity contribution in [3.63, 3.8) is 0 Å². The third-order valence-corrected chi connectivity index (χ3v) is 6.45. The number of aryl methyl sites for hydroxylation is 2. The van der Waals surface area contributed by atoms with Gasteiger partial charge in [0.15, 0.2) is 6.20 Å². The zero-order valence-electron chi connectivity index (χ0n) is 18.5. The van der Waals surface area contributed by atoms with E-state index in [-0.39, 0.29) is 0 Å². The highest BCUT2D eigenvalue weighted by Crippen LogP contribution is 2.42. The van der Waals surface area contributed by atoms with E-state index in [9.17, 15) is 5.26 Å². The van der Waals surface area contributed by atoms with Gasteiger partial charge in [-0.15, -0.1) is 0 Å². The Balaban J connectivity index is 1.78. The summed E-state index contributed by atoms with van der Waals surface area (Å²) in [6.07, 6.45) is 2.10. The molecule has 156 valence electrons. The molecule has 0 aliphatic carbocycles. The second kappa shape index (κ2) is 7.32. The molecule has 0 radical (unpaired) electrons. The van der Waals surface area contributed by atoms with Crippen molar-refractivity contribution in [1.82, 2.24) is 0 Å². The highest BCUT2D eigenvalue weighted by molar-refractivity contribution is 6.15. The van der Waals surface area contributed by atoms with Crippen LogP contribution < -0.4 is 4.57 Å². The summed E-state index contributed by atoms with van der Waals surface area (Å²) >= 11 is 0. The summed E-state index contributed by atoms with van der Waals surface area (Å²) in [5, 5.41) is 14.1. The number of hydrogen-bond donors (Lipinski definition) is 0. The van der Waals surface area contributed by atoms with Crippen LogP contribution in [0.2, 0.25) is 0 Å². The van der Waals surface area contributed by atoms with Gasteiger partial charge in [-0.05, 0) is 41.6 Å². The first-order valence-corrected chi connectivity index (χ1v) is 11.0. The van der Waals surface area contributed by atoms with Crippen LogP contribution in [-0.2, 0) is 7.05 Å².